The first-order chi connectivity index (χ1) is 10.1. The van der Waals surface area contributed by atoms with E-state index < -0.39 is 0 Å². The zero-order valence-corrected chi connectivity index (χ0v) is 11.8. The third-order valence-electron chi connectivity index (χ3n) is 3.60. The first kappa shape index (κ1) is 13.2. The van der Waals surface area contributed by atoms with Gasteiger partial charge in [-0.25, -0.2) is 0 Å². The van der Waals surface area contributed by atoms with Crippen LogP contribution in [0.5, 0.6) is 11.5 Å². The van der Waals surface area contributed by atoms with Crippen molar-refractivity contribution in [3.05, 3.63) is 53.6 Å². The summed E-state index contributed by atoms with van der Waals surface area (Å²) in [5.74, 6) is 0.415. The summed E-state index contributed by atoms with van der Waals surface area (Å²) in [6.07, 6.45) is 1.78. The van der Waals surface area contributed by atoms with Crippen molar-refractivity contribution in [2.45, 2.75) is 0 Å². The maximum atomic E-state index is 12.3. The van der Waals surface area contributed by atoms with Crippen molar-refractivity contribution in [2.75, 3.05) is 19.1 Å². The van der Waals surface area contributed by atoms with Gasteiger partial charge in [-0.1, -0.05) is 24.3 Å². The van der Waals surface area contributed by atoms with Crippen LogP contribution in [0.3, 0.4) is 0 Å². The Balaban J connectivity index is 2.08. The van der Waals surface area contributed by atoms with E-state index in [9.17, 15) is 9.90 Å². The number of carbonyl (C=O) groups excluding carboxylic acids is 1. The molecule has 0 aliphatic carbocycles. The molecule has 0 radical (unpaired) electrons. The second-order valence-corrected chi connectivity index (χ2v) is 4.87. The summed E-state index contributed by atoms with van der Waals surface area (Å²) in [5.41, 5.74) is 3.17. The molecule has 106 valence electrons. The van der Waals surface area contributed by atoms with Crippen molar-refractivity contribution in [1.82, 2.24) is 0 Å². The number of likely N-dealkylation sites (N-methyl/N-ethyl adjacent to an activating group) is 1. The number of para-hydroxylation sites is 1. The number of anilines is 1. The van der Waals surface area contributed by atoms with Gasteiger partial charge < -0.3 is 14.7 Å². The molecule has 1 N–H and O–H groups in total. The average Bonchev–Trinajstić information content (AvgIpc) is 2.73. The monoisotopic (exact) mass is 281 g/mol. The maximum Gasteiger partial charge on any atom is 0.258 e. The molecule has 1 aliphatic heterocycles. The van der Waals surface area contributed by atoms with Gasteiger partial charge in [-0.2, -0.15) is 0 Å². The van der Waals surface area contributed by atoms with E-state index in [2.05, 4.69) is 0 Å². The minimum atomic E-state index is -0.0495. The Morgan fingerprint density at radius 3 is 2.67 bits per heavy atom. The van der Waals surface area contributed by atoms with Crippen LogP contribution < -0.4 is 9.64 Å². The van der Waals surface area contributed by atoms with Gasteiger partial charge in [-0.15, -0.1) is 0 Å². The van der Waals surface area contributed by atoms with Crippen LogP contribution >= 0.6 is 0 Å². The summed E-state index contributed by atoms with van der Waals surface area (Å²) in [6, 6.07) is 12.7. The Kier molecular flexibility index (Phi) is 3.14. The Labute approximate surface area is 122 Å². The molecule has 0 saturated carbocycles. The number of phenolic OH excluding ortho intramolecular Hbond substituents is 1. The third kappa shape index (κ3) is 2.14. The number of carbonyl (C=O) groups is 1. The lowest BCUT2D eigenvalue weighted by Crippen LogP contribution is -2.20. The number of nitrogens with zero attached hydrogens (tertiary/aromatic N) is 1. The van der Waals surface area contributed by atoms with E-state index in [1.165, 1.54) is 7.11 Å². The van der Waals surface area contributed by atoms with Gasteiger partial charge in [0.15, 0.2) is 11.5 Å². The van der Waals surface area contributed by atoms with Crippen LogP contribution in [0.4, 0.5) is 5.69 Å². The molecule has 2 aromatic carbocycles. The summed E-state index contributed by atoms with van der Waals surface area (Å²) < 4.78 is 5.02. The molecule has 1 heterocycles. The van der Waals surface area contributed by atoms with Crippen LogP contribution in [0.15, 0.2) is 42.5 Å². The van der Waals surface area contributed by atoms with Gasteiger partial charge in [0, 0.05) is 18.2 Å². The smallest absolute Gasteiger partial charge is 0.258 e. The van der Waals surface area contributed by atoms with Crippen molar-refractivity contribution < 1.29 is 14.6 Å². The lowest BCUT2D eigenvalue weighted by atomic mass is 10.0. The van der Waals surface area contributed by atoms with Crippen LogP contribution in [0.2, 0.25) is 0 Å². The molecule has 0 bridgehead atoms. The standard InChI is InChI=1S/C17H15NO3/c1-18-14-6-4-3-5-12(14)13(17(18)20)9-11-7-8-16(21-2)15(19)10-11/h3-10,19H,1-2H3/b13-9+. The molecule has 4 nitrogen and oxygen atoms in total. The van der Waals surface area contributed by atoms with Gasteiger partial charge in [0.05, 0.1) is 12.8 Å². The molecule has 0 spiro atoms. The van der Waals surface area contributed by atoms with Crippen molar-refractivity contribution in [3.8, 4) is 11.5 Å². The maximum absolute atomic E-state index is 12.3. The predicted octanol–water partition coefficient (Wildman–Crippen LogP) is 2.92. The van der Waals surface area contributed by atoms with Gasteiger partial charge >= 0.3 is 0 Å². The SMILES string of the molecule is COc1ccc(/C=C2/C(=O)N(C)c3ccccc32)cc1O. The van der Waals surface area contributed by atoms with E-state index in [1.54, 1.807) is 36.2 Å². The van der Waals surface area contributed by atoms with E-state index in [0.29, 0.717) is 11.3 Å². The molecule has 3 rings (SSSR count). The molecule has 1 amide bonds. The van der Waals surface area contributed by atoms with Gasteiger partial charge in [0.1, 0.15) is 0 Å². The summed E-state index contributed by atoms with van der Waals surface area (Å²) in [5, 5.41) is 9.83. The third-order valence-corrected chi connectivity index (χ3v) is 3.60. The fourth-order valence-corrected chi connectivity index (χ4v) is 2.50. The first-order valence-corrected chi connectivity index (χ1v) is 6.58. The Morgan fingerprint density at radius 1 is 1.19 bits per heavy atom. The highest BCUT2D eigenvalue weighted by atomic mass is 16.5. The topological polar surface area (TPSA) is 49.8 Å². The molecule has 2 aromatic rings. The lowest BCUT2D eigenvalue weighted by Gasteiger charge is -2.08. The molecule has 0 saturated heterocycles. The van der Waals surface area contributed by atoms with Crippen LogP contribution in [-0.2, 0) is 4.79 Å². The highest BCUT2D eigenvalue weighted by Crippen LogP contribution is 2.37. The largest absolute Gasteiger partial charge is 0.504 e. The van der Waals surface area contributed by atoms with Gasteiger partial charge in [0.2, 0.25) is 0 Å². The van der Waals surface area contributed by atoms with Crippen LogP contribution in [0.1, 0.15) is 11.1 Å². The summed E-state index contributed by atoms with van der Waals surface area (Å²) in [4.78, 5) is 14.0. The first-order valence-electron chi connectivity index (χ1n) is 6.58. The van der Waals surface area contributed by atoms with Gasteiger partial charge in [0.25, 0.3) is 5.91 Å². The van der Waals surface area contributed by atoms with Crippen molar-refractivity contribution in [3.63, 3.8) is 0 Å². The quantitative estimate of drug-likeness (QED) is 0.861. The normalized spacial score (nSPS) is 15.4. The highest BCUT2D eigenvalue weighted by Gasteiger charge is 2.28. The van der Waals surface area contributed by atoms with Gasteiger partial charge in [-0.3, -0.25) is 4.79 Å². The molecule has 1 aliphatic rings. The Hall–Kier alpha value is -2.75. The number of methoxy groups -OCH3 is 1. The number of hydrogen-bond acceptors (Lipinski definition) is 3. The summed E-state index contributed by atoms with van der Waals surface area (Å²) in [7, 11) is 3.26. The number of hydrogen-bond donors (Lipinski definition) is 1. The number of ether oxygens (including phenoxy) is 1. The minimum Gasteiger partial charge on any atom is -0.504 e. The molecule has 0 unspecified atom stereocenters. The number of amides is 1. The Bertz CT molecular complexity index is 749. The molecular weight excluding hydrogens is 266 g/mol. The molecule has 21 heavy (non-hydrogen) atoms. The van der Waals surface area contributed by atoms with E-state index in [4.69, 9.17) is 4.74 Å². The molecular formula is C17H15NO3. The zero-order chi connectivity index (χ0) is 15.0. The second kappa shape index (κ2) is 4.98. The van der Waals surface area contributed by atoms with E-state index in [-0.39, 0.29) is 11.7 Å². The van der Waals surface area contributed by atoms with Crippen LogP contribution in [-0.4, -0.2) is 25.2 Å². The fraction of sp³-hybridized carbons (Fsp3) is 0.118. The predicted molar refractivity (Wildman–Crippen MR) is 82.4 cm³/mol. The second-order valence-electron chi connectivity index (χ2n) is 4.87. The van der Waals surface area contributed by atoms with Crippen LogP contribution in [0.25, 0.3) is 11.6 Å². The molecule has 0 atom stereocenters. The van der Waals surface area contributed by atoms with Crippen molar-refractivity contribution in [2.24, 2.45) is 0 Å². The minimum absolute atomic E-state index is 0.0495. The molecule has 4 heteroatoms. The number of aromatic hydroxyl groups is 1. The lowest BCUT2D eigenvalue weighted by molar-refractivity contribution is -0.112. The van der Waals surface area contributed by atoms with E-state index in [1.807, 2.05) is 24.3 Å². The van der Waals surface area contributed by atoms with Gasteiger partial charge in [-0.05, 0) is 29.8 Å². The number of benzene rings is 2. The number of rotatable bonds is 2. The fourth-order valence-electron chi connectivity index (χ4n) is 2.50. The highest BCUT2D eigenvalue weighted by molar-refractivity contribution is 6.35. The van der Waals surface area contributed by atoms with E-state index in [0.717, 1.165) is 16.8 Å². The van der Waals surface area contributed by atoms with E-state index >= 15 is 0 Å². The number of phenols is 1. The molecule has 0 aromatic heterocycles. The molecule has 0 fully saturated rings. The average molecular weight is 281 g/mol. The summed E-state index contributed by atoms with van der Waals surface area (Å²) >= 11 is 0. The number of fused-ring (bicyclic) bond motifs is 1. The van der Waals surface area contributed by atoms with Crippen molar-refractivity contribution in [1.29, 1.82) is 0 Å². The van der Waals surface area contributed by atoms with Crippen molar-refractivity contribution >= 4 is 23.2 Å². The summed E-state index contributed by atoms with van der Waals surface area (Å²) in [6.45, 7) is 0. The van der Waals surface area contributed by atoms with Crippen LogP contribution in [0, 0.1) is 0 Å². The Morgan fingerprint density at radius 2 is 1.95 bits per heavy atom. The zero-order valence-electron chi connectivity index (χ0n) is 11.8.